The number of rotatable bonds is 3. The molecule has 3 heteroatoms. The summed E-state index contributed by atoms with van der Waals surface area (Å²) in [7, 11) is 1.91. The lowest BCUT2D eigenvalue weighted by Gasteiger charge is -2.15. The highest BCUT2D eigenvalue weighted by Crippen LogP contribution is 2.27. The molecule has 0 aliphatic carbocycles. The summed E-state index contributed by atoms with van der Waals surface area (Å²) in [5, 5.41) is 3.19. The Balaban J connectivity index is 2.52. The Morgan fingerprint density at radius 2 is 2.00 bits per heavy atom. The third kappa shape index (κ3) is 2.50. The van der Waals surface area contributed by atoms with Crippen LogP contribution in [0, 0.1) is 5.82 Å². The third-order valence-electron chi connectivity index (χ3n) is 2.88. The molecular weight excluding hydrogens is 215 g/mol. The van der Waals surface area contributed by atoms with Crippen molar-refractivity contribution in [3.05, 3.63) is 54.1 Å². The minimum absolute atomic E-state index is 0.217. The summed E-state index contributed by atoms with van der Waals surface area (Å²) in [6.45, 7) is 2.07. The second-order valence-electron chi connectivity index (χ2n) is 3.99. The molecule has 2 aromatic rings. The number of pyridine rings is 1. The maximum Gasteiger partial charge on any atom is 0.142 e. The van der Waals surface area contributed by atoms with Crippen molar-refractivity contribution in [2.24, 2.45) is 0 Å². The Hall–Kier alpha value is -1.74. The minimum Gasteiger partial charge on any atom is -0.313 e. The van der Waals surface area contributed by atoms with E-state index < -0.39 is 0 Å². The van der Waals surface area contributed by atoms with Gasteiger partial charge in [0.25, 0.3) is 0 Å². The molecule has 1 aromatic carbocycles. The molecule has 0 radical (unpaired) electrons. The fraction of sp³-hybridized carbons (Fsp3) is 0.214. The van der Waals surface area contributed by atoms with Gasteiger partial charge in [-0.1, -0.05) is 24.3 Å². The Labute approximate surface area is 101 Å². The zero-order valence-electron chi connectivity index (χ0n) is 9.94. The average Bonchev–Trinajstić information content (AvgIpc) is 2.38. The molecule has 17 heavy (non-hydrogen) atoms. The Morgan fingerprint density at radius 3 is 2.71 bits per heavy atom. The zero-order chi connectivity index (χ0) is 12.3. The van der Waals surface area contributed by atoms with Gasteiger partial charge in [-0.3, -0.25) is 4.98 Å². The third-order valence-corrected chi connectivity index (χ3v) is 2.88. The van der Waals surface area contributed by atoms with Crippen LogP contribution in [0.3, 0.4) is 0 Å². The molecule has 0 amide bonds. The average molecular weight is 230 g/mol. The van der Waals surface area contributed by atoms with Crippen LogP contribution in [-0.2, 0) is 0 Å². The number of hydrogen-bond donors (Lipinski definition) is 1. The van der Waals surface area contributed by atoms with E-state index in [0.29, 0.717) is 0 Å². The van der Waals surface area contributed by atoms with Gasteiger partial charge in [-0.15, -0.1) is 0 Å². The van der Waals surface area contributed by atoms with Crippen LogP contribution in [0.5, 0.6) is 0 Å². The molecule has 0 aliphatic rings. The highest BCUT2D eigenvalue weighted by molar-refractivity contribution is 5.67. The highest BCUT2D eigenvalue weighted by atomic mass is 19.1. The van der Waals surface area contributed by atoms with E-state index in [2.05, 4.69) is 17.2 Å². The summed E-state index contributed by atoms with van der Waals surface area (Å²) in [5.41, 5.74) is 2.96. The number of aromatic nitrogens is 1. The molecule has 1 aromatic heterocycles. The van der Waals surface area contributed by atoms with Crippen molar-refractivity contribution in [3.63, 3.8) is 0 Å². The van der Waals surface area contributed by atoms with Gasteiger partial charge >= 0.3 is 0 Å². The molecule has 1 unspecified atom stereocenters. The highest BCUT2D eigenvalue weighted by Gasteiger charge is 2.10. The molecule has 0 saturated carbocycles. The summed E-state index contributed by atoms with van der Waals surface area (Å²) in [6, 6.07) is 9.69. The molecule has 2 rings (SSSR count). The molecule has 0 aliphatic heterocycles. The zero-order valence-corrected chi connectivity index (χ0v) is 9.94. The van der Waals surface area contributed by atoms with Crippen LogP contribution in [0.1, 0.15) is 18.5 Å². The van der Waals surface area contributed by atoms with Gasteiger partial charge in [-0.2, -0.15) is 0 Å². The van der Waals surface area contributed by atoms with Crippen LogP contribution in [0.4, 0.5) is 4.39 Å². The molecule has 0 fully saturated rings. The fourth-order valence-corrected chi connectivity index (χ4v) is 1.85. The lowest BCUT2D eigenvalue weighted by atomic mass is 9.97. The molecule has 0 saturated heterocycles. The number of nitrogens with zero attached hydrogens (tertiary/aromatic N) is 1. The SMILES string of the molecule is CNC(C)c1ccccc1-c1cncc(F)c1. The van der Waals surface area contributed by atoms with Crippen molar-refractivity contribution < 1.29 is 4.39 Å². The van der Waals surface area contributed by atoms with Crippen molar-refractivity contribution in [1.29, 1.82) is 0 Å². The van der Waals surface area contributed by atoms with E-state index in [-0.39, 0.29) is 11.9 Å². The quantitative estimate of drug-likeness (QED) is 0.876. The molecular formula is C14H15FN2. The lowest BCUT2D eigenvalue weighted by molar-refractivity contribution is 0.621. The van der Waals surface area contributed by atoms with Crippen molar-refractivity contribution in [2.75, 3.05) is 7.05 Å². The van der Waals surface area contributed by atoms with E-state index in [9.17, 15) is 4.39 Å². The maximum absolute atomic E-state index is 13.2. The van der Waals surface area contributed by atoms with Crippen LogP contribution in [-0.4, -0.2) is 12.0 Å². The van der Waals surface area contributed by atoms with Gasteiger partial charge < -0.3 is 5.32 Å². The standard InChI is InChI=1S/C14H15FN2/c1-10(16-2)13-5-3-4-6-14(13)11-7-12(15)9-17-8-11/h3-10,16H,1-2H3. The molecule has 88 valence electrons. The first-order valence-electron chi connectivity index (χ1n) is 5.59. The van der Waals surface area contributed by atoms with Crippen LogP contribution >= 0.6 is 0 Å². The van der Waals surface area contributed by atoms with Crippen molar-refractivity contribution in [1.82, 2.24) is 10.3 Å². The first-order valence-corrected chi connectivity index (χ1v) is 5.59. The molecule has 1 N–H and O–H groups in total. The monoisotopic (exact) mass is 230 g/mol. The van der Waals surface area contributed by atoms with E-state index in [0.717, 1.165) is 16.7 Å². The summed E-state index contributed by atoms with van der Waals surface area (Å²) in [4.78, 5) is 3.89. The van der Waals surface area contributed by atoms with E-state index in [1.54, 1.807) is 6.20 Å². The van der Waals surface area contributed by atoms with Crippen LogP contribution in [0.2, 0.25) is 0 Å². The van der Waals surface area contributed by atoms with E-state index >= 15 is 0 Å². The summed E-state index contributed by atoms with van der Waals surface area (Å²) >= 11 is 0. The van der Waals surface area contributed by atoms with Gasteiger partial charge in [0.2, 0.25) is 0 Å². The molecule has 0 spiro atoms. The van der Waals surface area contributed by atoms with E-state index in [1.165, 1.54) is 12.3 Å². The van der Waals surface area contributed by atoms with Crippen LogP contribution < -0.4 is 5.32 Å². The first-order chi connectivity index (χ1) is 8.22. The summed E-state index contributed by atoms with van der Waals surface area (Å²) < 4.78 is 13.2. The number of benzene rings is 1. The summed E-state index contributed by atoms with van der Waals surface area (Å²) in [6.07, 6.45) is 2.90. The second kappa shape index (κ2) is 5.06. The number of hydrogen-bond acceptors (Lipinski definition) is 2. The normalized spacial score (nSPS) is 12.4. The van der Waals surface area contributed by atoms with E-state index in [4.69, 9.17) is 0 Å². The van der Waals surface area contributed by atoms with Gasteiger partial charge in [0.15, 0.2) is 0 Å². The smallest absolute Gasteiger partial charge is 0.142 e. The number of nitrogens with one attached hydrogen (secondary N) is 1. The van der Waals surface area contributed by atoms with Gasteiger partial charge in [0, 0.05) is 17.8 Å². The van der Waals surface area contributed by atoms with Crippen LogP contribution in [0.15, 0.2) is 42.7 Å². The van der Waals surface area contributed by atoms with Crippen molar-refractivity contribution in [3.8, 4) is 11.1 Å². The number of halogens is 1. The van der Waals surface area contributed by atoms with Crippen molar-refractivity contribution >= 4 is 0 Å². The molecule has 1 heterocycles. The van der Waals surface area contributed by atoms with Gasteiger partial charge in [-0.05, 0) is 31.2 Å². The van der Waals surface area contributed by atoms with Gasteiger partial charge in [0.05, 0.1) is 6.20 Å². The van der Waals surface area contributed by atoms with Gasteiger partial charge in [-0.25, -0.2) is 4.39 Å². The van der Waals surface area contributed by atoms with Crippen LogP contribution in [0.25, 0.3) is 11.1 Å². The lowest BCUT2D eigenvalue weighted by Crippen LogP contribution is -2.13. The Morgan fingerprint density at radius 1 is 1.24 bits per heavy atom. The fourth-order valence-electron chi connectivity index (χ4n) is 1.85. The predicted octanol–water partition coefficient (Wildman–Crippen LogP) is 3.17. The predicted molar refractivity (Wildman–Crippen MR) is 67.1 cm³/mol. The summed E-state index contributed by atoms with van der Waals surface area (Å²) in [5.74, 6) is -0.311. The van der Waals surface area contributed by atoms with Gasteiger partial charge in [0.1, 0.15) is 5.82 Å². The maximum atomic E-state index is 13.2. The van der Waals surface area contributed by atoms with Crippen molar-refractivity contribution in [2.45, 2.75) is 13.0 Å². The van der Waals surface area contributed by atoms with E-state index in [1.807, 2.05) is 31.3 Å². The molecule has 0 bridgehead atoms. The Bertz CT molecular complexity index is 511. The first kappa shape index (κ1) is 11.7. The second-order valence-corrected chi connectivity index (χ2v) is 3.99. The Kier molecular flexibility index (Phi) is 3.49. The molecule has 1 atom stereocenters. The minimum atomic E-state index is -0.311. The topological polar surface area (TPSA) is 24.9 Å². The molecule has 2 nitrogen and oxygen atoms in total. The largest absolute Gasteiger partial charge is 0.313 e.